The van der Waals surface area contributed by atoms with E-state index in [0.717, 1.165) is 22.9 Å². The highest BCUT2D eigenvalue weighted by atomic mass is 35.5. The van der Waals surface area contributed by atoms with E-state index in [1.165, 1.54) is 6.07 Å². The molecule has 0 atom stereocenters. The van der Waals surface area contributed by atoms with Gasteiger partial charge in [-0.25, -0.2) is 9.79 Å². The van der Waals surface area contributed by atoms with Crippen LogP contribution in [-0.4, -0.2) is 28.6 Å². The van der Waals surface area contributed by atoms with Crippen LogP contribution in [0.4, 0.5) is 0 Å². The highest BCUT2D eigenvalue weighted by Crippen LogP contribution is 2.39. The van der Waals surface area contributed by atoms with Crippen LogP contribution in [-0.2, 0) is 16.1 Å². The summed E-state index contributed by atoms with van der Waals surface area (Å²) >= 11 is 19.1. The van der Waals surface area contributed by atoms with Gasteiger partial charge in [0.2, 0.25) is 0 Å². The van der Waals surface area contributed by atoms with E-state index in [9.17, 15) is 14.7 Å². The Morgan fingerprint density at radius 1 is 0.974 bits per heavy atom. The van der Waals surface area contributed by atoms with E-state index in [1.807, 2.05) is 6.07 Å². The van der Waals surface area contributed by atoms with Gasteiger partial charge in [0, 0.05) is 0 Å². The molecular weight excluding hydrogens is 569 g/mol. The molecule has 3 aromatic carbocycles. The zero-order chi connectivity index (χ0) is 27.2. The summed E-state index contributed by atoms with van der Waals surface area (Å²) in [4.78, 5) is 29.8. The zero-order valence-corrected chi connectivity index (χ0v) is 23.0. The van der Waals surface area contributed by atoms with E-state index in [1.54, 1.807) is 67.6 Å². The Kier molecular flexibility index (Phi) is 9.17. The summed E-state index contributed by atoms with van der Waals surface area (Å²) in [5.74, 6) is -1.12. The SMILES string of the molecule is CCOC(=O)C1=C(O)/C(=C/c2ccc(OCc3ccc(Cl)c(Cl)c3)cc2)SC1=NC(=O)c1ccccc1Cl. The van der Waals surface area contributed by atoms with Gasteiger partial charge in [-0.1, -0.05) is 76.9 Å². The van der Waals surface area contributed by atoms with Gasteiger partial charge in [0.05, 0.1) is 32.1 Å². The van der Waals surface area contributed by atoms with Gasteiger partial charge in [0.25, 0.3) is 5.91 Å². The summed E-state index contributed by atoms with van der Waals surface area (Å²) in [6.07, 6.45) is 1.67. The third kappa shape index (κ3) is 6.60. The molecule has 0 fully saturated rings. The molecule has 4 rings (SSSR count). The lowest BCUT2D eigenvalue weighted by atomic mass is 10.1. The Hall–Kier alpha value is -3.23. The summed E-state index contributed by atoms with van der Waals surface area (Å²) in [5, 5.41) is 12.0. The van der Waals surface area contributed by atoms with Crippen molar-refractivity contribution in [3.05, 3.63) is 115 Å². The first-order valence-corrected chi connectivity index (χ1v) is 13.3. The second-order valence-corrected chi connectivity index (χ2v) is 10.1. The molecule has 0 aliphatic carbocycles. The van der Waals surface area contributed by atoms with E-state index in [4.69, 9.17) is 44.3 Å². The number of rotatable bonds is 7. The second-order valence-electron chi connectivity index (χ2n) is 7.86. The molecule has 38 heavy (non-hydrogen) atoms. The van der Waals surface area contributed by atoms with Crippen LogP contribution < -0.4 is 4.74 Å². The fourth-order valence-corrected chi connectivity index (χ4v) is 4.94. The Balaban J connectivity index is 1.55. The summed E-state index contributed by atoms with van der Waals surface area (Å²) in [5.41, 5.74) is 1.60. The number of amides is 1. The van der Waals surface area contributed by atoms with Gasteiger partial charge < -0.3 is 14.6 Å². The lowest BCUT2D eigenvalue weighted by Gasteiger charge is -2.08. The number of hydrogen-bond donors (Lipinski definition) is 1. The molecule has 0 aromatic heterocycles. The topological polar surface area (TPSA) is 85.2 Å². The predicted molar refractivity (Wildman–Crippen MR) is 152 cm³/mol. The maximum absolute atomic E-state index is 12.8. The number of nitrogens with zero attached hydrogens (tertiary/aromatic N) is 1. The summed E-state index contributed by atoms with van der Waals surface area (Å²) in [6, 6.07) is 18.9. The molecular formula is C28H20Cl3NO5S. The molecule has 194 valence electrons. The molecule has 10 heteroatoms. The molecule has 0 saturated carbocycles. The maximum Gasteiger partial charge on any atom is 0.344 e. The summed E-state index contributed by atoms with van der Waals surface area (Å²) in [7, 11) is 0. The second kappa shape index (κ2) is 12.5. The van der Waals surface area contributed by atoms with Crippen molar-refractivity contribution in [1.82, 2.24) is 0 Å². The lowest BCUT2D eigenvalue weighted by Crippen LogP contribution is -2.14. The number of thioether (sulfide) groups is 1. The molecule has 0 bridgehead atoms. The number of esters is 1. The van der Waals surface area contributed by atoms with Gasteiger partial charge in [-0.2, -0.15) is 0 Å². The lowest BCUT2D eigenvalue weighted by molar-refractivity contribution is -0.138. The molecule has 1 N–H and O–H groups in total. The first-order chi connectivity index (χ1) is 18.3. The first kappa shape index (κ1) is 27.8. The van der Waals surface area contributed by atoms with E-state index in [-0.39, 0.29) is 33.6 Å². The summed E-state index contributed by atoms with van der Waals surface area (Å²) < 4.78 is 10.9. The highest BCUT2D eigenvalue weighted by molar-refractivity contribution is 8.18. The van der Waals surface area contributed by atoms with Crippen LogP contribution in [0.1, 0.15) is 28.4 Å². The number of aliphatic imine (C=N–C) groups is 1. The Bertz CT molecular complexity index is 1480. The molecule has 1 aliphatic heterocycles. The average Bonchev–Trinajstić information content (AvgIpc) is 3.20. The van der Waals surface area contributed by atoms with E-state index < -0.39 is 11.9 Å². The molecule has 0 spiro atoms. The van der Waals surface area contributed by atoms with Gasteiger partial charge in [0.15, 0.2) is 0 Å². The van der Waals surface area contributed by atoms with Crippen molar-refractivity contribution in [3.8, 4) is 5.75 Å². The number of ether oxygens (including phenoxy) is 2. The van der Waals surface area contributed by atoms with Crippen molar-refractivity contribution in [1.29, 1.82) is 0 Å². The number of halogens is 3. The third-order valence-electron chi connectivity index (χ3n) is 5.24. The predicted octanol–water partition coefficient (Wildman–Crippen LogP) is 7.93. The molecule has 6 nitrogen and oxygen atoms in total. The minimum atomic E-state index is -0.780. The number of hydrogen-bond acceptors (Lipinski definition) is 6. The quantitative estimate of drug-likeness (QED) is 0.282. The molecule has 0 radical (unpaired) electrons. The first-order valence-electron chi connectivity index (χ1n) is 11.3. The molecule has 1 aliphatic rings. The van der Waals surface area contributed by atoms with Gasteiger partial charge in [-0.3, -0.25) is 4.79 Å². The minimum Gasteiger partial charge on any atom is -0.506 e. The number of carbonyl (C=O) groups is 2. The molecule has 0 saturated heterocycles. The smallest absolute Gasteiger partial charge is 0.344 e. The number of carbonyl (C=O) groups excluding carboxylic acids is 2. The van der Waals surface area contributed by atoms with Crippen molar-refractivity contribution in [2.75, 3.05) is 6.61 Å². The van der Waals surface area contributed by atoms with Gasteiger partial charge in [0.1, 0.15) is 28.7 Å². The van der Waals surface area contributed by atoms with E-state index >= 15 is 0 Å². The minimum absolute atomic E-state index is 0.0266. The zero-order valence-electron chi connectivity index (χ0n) is 19.9. The van der Waals surface area contributed by atoms with Crippen LogP contribution in [0.15, 0.2) is 88.0 Å². The molecule has 1 heterocycles. The molecule has 1 amide bonds. The monoisotopic (exact) mass is 587 g/mol. The fraction of sp³-hybridized carbons (Fsp3) is 0.107. The van der Waals surface area contributed by atoms with Crippen LogP contribution in [0.25, 0.3) is 6.08 Å². The fourth-order valence-electron chi connectivity index (χ4n) is 3.39. The van der Waals surface area contributed by atoms with Crippen molar-refractivity contribution in [2.24, 2.45) is 4.99 Å². The van der Waals surface area contributed by atoms with Crippen LogP contribution in [0.3, 0.4) is 0 Å². The van der Waals surface area contributed by atoms with Crippen molar-refractivity contribution in [3.63, 3.8) is 0 Å². The van der Waals surface area contributed by atoms with E-state index in [0.29, 0.717) is 27.3 Å². The summed E-state index contributed by atoms with van der Waals surface area (Å²) in [6.45, 7) is 2.04. The number of benzene rings is 3. The third-order valence-corrected chi connectivity index (χ3v) is 7.33. The van der Waals surface area contributed by atoms with Gasteiger partial charge in [-0.05, 0) is 60.5 Å². The number of aliphatic hydroxyl groups is 1. The van der Waals surface area contributed by atoms with Crippen LogP contribution >= 0.6 is 46.6 Å². The molecule has 3 aromatic rings. The van der Waals surface area contributed by atoms with Gasteiger partial charge >= 0.3 is 5.97 Å². The Morgan fingerprint density at radius 3 is 2.39 bits per heavy atom. The molecule has 0 unspecified atom stereocenters. The van der Waals surface area contributed by atoms with Crippen molar-refractivity contribution in [2.45, 2.75) is 13.5 Å². The maximum atomic E-state index is 12.8. The largest absolute Gasteiger partial charge is 0.506 e. The van der Waals surface area contributed by atoms with Crippen LogP contribution in [0.5, 0.6) is 5.75 Å². The Labute approximate surface area is 238 Å². The van der Waals surface area contributed by atoms with Crippen LogP contribution in [0.2, 0.25) is 15.1 Å². The Morgan fingerprint density at radius 2 is 1.71 bits per heavy atom. The van der Waals surface area contributed by atoms with Gasteiger partial charge in [-0.15, -0.1) is 0 Å². The van der Waals surface area contributed by atoms with Crippen molar-refractivity contribution >= 4 is 69.6 Å². The highest BCUT2D eigenvalue weighted by Gasteiger charge is 2.34. The normalized spacial score (nSPS) is 15.3. The van der Waals surface area contributed by atoms with Crippen LogP contribution in [0, 0.1) is 0 Å². The van der Waals surface area contributed by atoms with Crippen molar-refractivity contribution < 1.29 is 24.2 Å². The number of aliphatic hydroxyl groups excluding tert-OH is 1. The standard InChI is InChI=1S/C28H20Cl3NO5S/c1-2-36-28(35)24-25(33)23(38-27(24)32-26(34)19-5-3-4-6-20(19)29)14-16-7-10-18(11-8-16)37-15-17-9-12-21(30)22(31)13-17/h3-14,33H,2,15H2,1H3/b23-14-,32-27?. The van der Waals surface area contributed by atoms with E-state index in [2.05, 4.69) is 4.99 Å². The average molecular weight is 589 g/mol.